The number of carbonyl (C=O) groups is 1. The summed E-state index contributed by atoms with van der Waals surface area (Å²) in [6, 6.07) is 15.1. The van der Waals surface area contributed by atoms with Gasteiger partial charge in [0.15, 0.2) is 0 Å². The van der Waals surface area contributed by atoms with Crippen molar-refractivity contribution >= 4 is 23.3 Å². The van der Waals surface area contributed by atoms with E-state index in [1.54, 1.807) is 12.1 Å². The first-order chi connectivity index (χ1) is 13.6. The van der Waals surface area contributed by atoms with E-state index in [-0.39, 0.29) is 11.9 Å². The van der Waals surface area contributed by atoms with Gasteiger partial charge in [-0.15, -0.1) is 0 Å². The summed E-state index contributed by atoms with van der Waals surface area (Å²) in [4.78, 5) is 18.8. The number of amides is 2. The van der Waals surface area contributed by atoms with E-state index >= 15 is 0 Å². The number of carbonyl (C=O) groups excluding carboxylic acids is 1. The first-order valence-electron chi connectivity index (χ1n) is 9.30. The van der Waals surface area contributed by atoms with Crippen molar-refractivity contribution in [2.24, 2.45) is 0 Å². The van der Waals surface area contributed by atoms with Gasteiger partial charge in [-0.05, 0) is 56.2 Å². The maximum atomic E-state index is 12.5. The number of nitrogens with one attached hydrogen (secondary N) is 1. The first-order valence-corrected chi connectivity index (χ1v) is 9.68. The molecule has 0 bridgehead atoms. The van der Waals surface area contributed by atoms with Crippen LogP contribution in [0, 0.1) is 6.92 Å². The lowest BCUT2D eigenvalue weighted by Crippen LogP contribution is -2.40. The lowest BCUT2D eigenvalue weighted by atomic mass is 9.97. The maximum absolute atomic E-state index is 12.5. The van der Waals surface area contributed by atoms with Crippen molar-refractivity contribution in [1.82, 2.24) is 15.0 Å². The van der Waals surface area contributed by atoms with Crippen LogP contribution in [0.2, 0.25) is 5.02 Å². The zero-order chi connectivity index (χ0) is 19.5. The van der Waals surface area contributed by atoms with Crippen molar-refractivity contribution < 1.29 is 9.32 Å². The van der Waals surface area contributed by atoms with Crippen molar-refractivity contribution in [3.63, 3.8) is 0 Å². The summed E-state index contributed by atoms with van der Waals surface area (Å²) in [6.07, 6.45) is 1.59. The molecule has 28 heavy (non-hydrogen) atoms. The maximum Gasteiger partial charge on any atom is 0.321 e. The molecule has 1 aromatic heterocycles. The third kappa shape index (κ3) is 4.17. The van der Waals surface area contributed by atoms with Gasteiger partial charge < -0.3 is 14.7 Å². The van der Waals surface area contributed by atoms with Gasteiger partial charge in [-0.1, -0.05) is 34.5 Å². The number of halogens is 1. The van der Waals surface area contributed by atoms with Crippen LogP contribution in [0.5, 0.6) is 0 Å². The van der Waals surface area contributed by atoms with Gasteiger partial charge in [0.2, 0.25) is 11.7 Å². The fourth-order valence-corrected chi connectivity index (χ4v) is 3.41. The molecule has 144 valence electrons. The summed E-state index contributed by atoms with van der Waals surface area (Å²) < 4.78 is 5.48. The molecule has 1 N–H and O–H groups in total. The number of benzene rings is 2. The number of rotatable bonds is 3. The minimum Gasteiger partial charge on any atom is -0.339 e. The molecule has 0 aliphatic carbocycles. The van der Waals surface area contributed by atoms with Gasteiger partial charge in [0, 0.05) is 35.3 Å². The van der Waals surface area contributed by atoms with E-state index < -0.39 is 0 Å². The molecule has 2 aromatic carbocycles. The summed E-state index contributed by atoms with van der Waals surface area (Å²) in [5, 5.41) is 7.70. The smallest absolute Gasteiger partial charge is 0.321 e. The Hall–Kier alpha value is -2.86. The molecule has 2 heterocycles. The SMILES string of the molecule is Cc1ccc(NC(=O)N2CCC(c3nc(-c4ccc(Cl)cc4)no3)CC2)cc1. The van der Waals surface area contributed by atoms with Gasteiger partial charge in [-0.2, -0.15) is 4.98 Å². The number of hydrogen-bond acceptors (Lipinski definition) is 4. The van der Waals surface area contributed by atoms with Gasteiger partial charge in [-0.3, -0.25) is 0 Å². The molecule has 0 atom stereocenters. The van der Waals surface area contributed by atoms with E-state index in [0.717, 1.165) is 29.7 Å². The fraction of sp³-hybridized carbons (Fsp3) is 0.286. The predicted molar refractivity (Wildman–Crippen MR) is 108 cm³/mol. The number of piperidine rings is 1. The van der Waals surface area contributed by atoms with E-state index in [2.05, 4.69) is 15.5 Å². The van der Waals surface area contributed by atoms with Crippen molar-refractivity contribution in [1.29, 1.82) is 0 Å². The van der Waals surface area contributed by atoms with Crippen LogP contribution in [0.4, 0.5) is 10.5 Å². The van der Waals surface area contributed by atoms with E-state index in [9.17, 15) is 4.79 Å². The molecule has 3 aromatic rings. The largest absolute Gasteiger partial charge is 0.339 e. The van der Waals surface area contributed by atoms with E-state index in [1.165, 1.54) is 0 Å². The number of hydrogen-bond donors (Lipinski definition) is 1. The molecule has 0 unspecified atom stereocenters. The number of aryl methyl sites for hydroxylation is 1. The molecule has 1 fully saturated rings. The third-order valence-electron chi connectivity index (χ3n) is 4.98. The summed E-state index contributed by atoms with van der Waals surface area (Å²) in [7, 11) is 0. The average Bonchev–Trinajstić information content (AvgIpc) is 3.20. The van der Waals surface area contributed by atoms with Crippen LogP contribution in [0.1, 0.15) is 30.2 Å². The molecule has 1 saturated heterocycles. The number of urea groups is 1. The molecule has 6 nitrogen and oxygen atoms in total. The Balaban J connectivity index is 1.34. The summed E-state index contributed by atoms with van der Waals surface area (Å²) in [5.74, 6) is 1.35. The summed E-state index contributed by atoms with van der Waals surface area (Å²) in [5.41, 5.74) is 2.84. The van der Waals surface area contributed by atoms with Gasteiger partial charge in [0.1, 0.15) is 0 Å². The zero-order valence-corrected chi connectivity index (χ0v) is 16.3. The summed E-state index contributed by atoms with van der Waals surface area (Å²) >= 11 is 5.92. The zero-order valence-electron chi connectivity index (χ0n) is 15.6. The van der Waals surface area contributed by atoms with Gasteiger partial charge >= 0.3 is 6.03 Å². The Morgan fingerprint density at radius 3 is 2.46 bits per heavy atom. The molecule has 4 rings (SSSR count). The Kier molecular flexibility index (Phi) is 5.30. The second kappa shape index (κ2) is 8.02. The molecular formula is C21H21ClN4O2. The third-order valence-corrected chi connectivity index (χ3v) is 5.23. The first kappa shape index (κ1) is 18.5. The minimum absolute atomic E-state index is 0.0744. The average molecular weight is 397 g/mol. The summed E-state index contributed by atoms with van der Waals surface area (Å²) in [6.45, 7) is 3.33. The van der Waals surface area contributed by atoms with Gasteiger partial charge in [-0.25, -0.2) is 4.79 Å². The minimum atomic E-state index is -0.0744. The van der Waals surface area contributed by atoms with Crippen molar-refractivity contribution in [2.75, 3.05) is 18.4 Å². The predicted octanol–water partition coefficient (Wildman–Crippen LogP) is 5.11. The van der Waals surface area contributed by atoms with Gasteiger partial charge in [0.25, 0.3) is 0 Å². The van der Waals surface area contributed by atoms with E-state index in [4.69, 9.17) is 16.1 Å². The van der Waals surface area contributed by atoms with Crippen LogP contribution in [0.15, 0.2) is 53.1 Å². The molecule has 7 heteroatoms. The molecule has 1 aliphatic rings. The quantitative estimate of drug-likeness (QED) is 0.667. The van der Waals surface area contributed by atoms with Crippen LogP contribution in [0.25, 0.3) is 11.4 Å². The monoisotopic (exact) mass is 396 g/mol. The number of likely N-dealkylation sites (tertiary alicyclic amines) is 1. The molecular weight excluding hydrogens is 376 g/mol. The van der Waals surface area contributed by atoms with Crippen LogP contribution >= 0.6 is 11.6 Å². The fourth-order valence-electron chi connectivity index (χ4n) is 3.29. The molecule has 2 amide bonds. The van der Waals surface area contributed by atoms with Crippen molar-refractivity contribution in [3.8, 4) is 11.4 Å². The number of anilines is 1. The van der Waals surface area contributed by atoms with E-state index in [1.807, 2.05) is 48.2 Å². The van der Waals surface area contributed by atoms with Crippen molar-refractivity contribution in [3.05, 3.63) is 65.0 Å². The Morgan fingerprint density at radius 1 is 1.11 bits per heavy atom. The lowest BCUT2D eigenvalue weighted by Gasteiger charge is -2.30. The van der Waals surface area contributed by atoms with Crippen LogP contribution in [-0.2, 0) is 0 Å². The second-order valence-corrected chi connectivity index (χ2v) is 7.46. The van der Waals surface area contributed by atoms with Crippen LogP contribution in [0.3, 0.4) is 0 Å². The Morgan fingerprint density at radius 2 is 1.79 bits per heavy atom. The Bertz CT molecular complexity index is 945. The molecule has 0 radical (unpaired) electrons. The molecule has 0 saturated carbocycles. The normalized spacial score (nSPS) is 14.9. The number of nitrogens with zero attached hydrogens (tertiary/aromatic N) is 3. The molecule has 0 spiro atoms. The van der Waals surface area contributed by atoms with Crippen LogP contribution in [-0.4, -0.2) is 34.2 Å². The van der Waals surface area contributed by atoms with Crippen LogP contribution < -0.4 is 5.32 Å². The second-order valence-electron chi connectivity index (χ2n) is 7.02. The lowest BCUT2D eigenvalue weighted by molar-refractivity contribution is 0.187. The Labute approximate surface area is 168 Å². The highest BCUT2D eigenvalue weighted by Crippen LogP contribution is 2.29. The highest BCUT2D eigenvalue weighted by atomic mass is 35.5. The van der Waals surface area contributed by atoms with E-state index in [0.29, 0.717) is 29.8 Å². The standard InChI is InChI=1S/C21H21ClN4O2/c1-14-2-8-18(9-3-14)23-21(27)26-12-10-16(11-13-26)20-24-19(25-28-20)15-4-6-17(22)7-5-15/h2-9,16H,10-13H2,1H3,(H,23,27). The highest BCUT2D eigenvalue weighted by Gasteiger charge is 2.27. The number of aromatic nitrogens is 2. The highest BCUT2D eigenvalue weighted by molar-refractivity contribution is 6.30. The van der Waals surface area contributed by atoms with Crippen molar-refractivity contribution in [2.45, 2.75) is 25.7 Å². The molecule has 1 aliphatic heterocycles. The topological polar surface area (TPSA) is 71.3 Å². The van der Waals surface area contributed by atoms with Gasteiger partial charge in [0.05, 0.1) is 0 Å².